The third-order valence-corrected chi connectivity index (χ3v) is 5.41. The molecule has 0 bridgehead atoms. The van der Waals surface area contributed by atoms with Crippen molar-refractivity contribution in [1.29, 1.82) is 0 Å². The number of H-pyrrole nitrogens is 1. The van der Waals surface area contributed by atoms with Crippen LogP contribution in [0.1, 0.15) is 30.8 Å². The number of nitrogens with one attached hydrogen (secondary N) is 1. The van der Waals surface area contributed by atoms with Crippen LogP contribution in [0.2, 0.25) is 0 Å². The molecule has 0 spiro atoms. The van der Waals surface area contributed by atoms with Crippen molar-refractivity contribution in [3.05, 3.63) is 83.7 Å². The number of imidazole rings is 1. The summed E-state index contributed by atoms with van der Waals surface area (Å²) in [7, 11) is 0. The van der Waals surface area contributed by atoms with Crippen molar-refractivity contribution in [1.82, 2.24) is 9.97 Å². The van der Waals surface area contributed by atoms with E-state index in [1.807, 2.05) is 36.4 Å². The fourth-order valence-electron chi connectivity index (χ4n) is 3.71. The van der Waals surface area contributed by atoms with Crippen LogP contribution in [0.25, 0.3) is 22.2 Å². The van der Waals surface area contributed by atoms with Gasteiger partial charge in [0, 0.05) is 5.56 Å². The van der Waals surface area contributed by atoms with Gasteiger partial charge in [0.1, 0.15) is 5.75 Å². The number of benzene rings is 3. The molecule has 0 aliphatic rings. The van der Waals surface area contributed by atoms with Gasteiger partial charge >= 0.3 is 12.4 Å². The number of hydrogen-bond donors (Lipinski definition) is 2. The minimum atomic E-state index is -5.60. The van der Waals surface area contributed by atoms with Crippen molar-refractivity contribution in [2.24, 2.45) is 0 Å². The van der Waals surface area contributed by atoms with E-state index in [4.69, 9.17) is 0 Å². The molecule has 4 nitrogen and oxygen atoms in total. The summed E-state index contributed by atoms with van der Waals surface area (Å²) >= 11 is 0. The Morgan fingerprint density at radius 3 is 2.14 bits per heavy atom. The molecular formula is C27H20F6N2O2. The molecular weight excluding hydrogens is 498 g/mol. The second kappa shape index (κ2) is 9.48. The first kappa shape index (κ1) is 26.1. The Hall–Kier alpha value is -3.97. The molecule has 0 amide bonds. The number of halogens is 6. The summed E-state index contributed by atoms with van der Waals surface area (Å²) in [5.41, 5.74) is 3.11. The lowest BCUT2D eigenvalue weighted by molar-refractivity contribution is -0.299. The van der Waals surface area contributed by atoms with Gasteiger partial charge in [-0.1, -0.05) is 36.3 Å². The number of hydrogen-bond acceptors (Lipinski definition) is 3. The first-order valence-corrected chi connectivity index (χ1v) is 11.0. The number of aromatic nitrogens is 2. The average Bonchev–Trinajstić information content (AvgIpc) is 3.22. The van der Waals surface area contributed by atoms with Gasteiger partial charge in [0.25, 0.3) is 6.10 Å². The van der Waals surface area contributed by atoms with Gasteiger partial charge in [-0.2, -0.15) is 26.3 Å². The molecule has 1 heterocycles. The molecule has 37 heavy (non-hydrogen) atoms. The van der Waals surface area contributed by atoms with E-state index in [1.54, 1.807) is 19.9 Å². The maximum Gasteiger partial charge on any atom is 0.434 e. The molecule has 10 heteroatoms. The summed E-state index contributed by atoms with van der Waals surface area (Å²) in [5.74, 6) is 5.29. The van der Waals surface area contributed by atoms with Gasteiger partial charge in [-0.05, 0) is 72.9 Å². The maximum atomic E-state index is 12.7. The Labute approximate surface area is 207 Å². The minimum Gasteiger partial charge on any atom is -0.471 e. The molecule has 0 saturated carbocycles. The average molecular weight is 518 g/mol. The van der Waals surface area contributed by atoms with E-state index in [0.29, 0.717) is 22.4 Å². The summed E-state index contributed by atoms with van der Waals surface area (Å²) in [4.78, 5) is 7.47. The van der Waals surface area contributed by atoms with E-state index >= 15 is 0 Å². The molecule has 0 radical (unpaired) electrons. The number of ether oxygens (including phenoxy) is 1. The molecule has 2 N–H and O–H groups in total. The molecule has 192 valence electrons. The standard InChI is InChI=1S/C27H20F6N2O2/c1-25(2,36)20-6-4-3-5-19(20)17-10-13-21-22(15-17)35-23(34-21)14-9-16-7-11-18(12-8-16)37-24(26(28,29)30)27(31,32)33/h3-8,10-13,15,24,36H,1-2H3,(H,34,35). The lowest BCUT2D eigenvalue weighted by atomic mass is 9.89. The normalized spacial score (nSPS) is 12.5. The first-order valence-electron chi connectivity index (χ1n) is 11.0. The molecule has 4 rings (SSSR count). The molecule has 1 aromatic heterocycles. The first-order chi connectivity index (χ1) is 17.2. The number of rotatable bonds is 4. The van der Waals surface area contributed by atoms with Crippen LogP contribution in [0.5, 0.6) is 5.75 Å². The second-order valence-electron chi connectivity index (χ2n) is 8.78. The Kier molecular flexibility index (Phi) is 6.69. The van der Waals surface area contributed by atoms with Crippen molar-refractivity contribution in [2.45, 2.75) is 37.9 Å². The molecule has 0 aliphatic carbocycles. The predicted molar refractivity (Wildman–Crippen MR) is 126 cm³/mol. The highest BCUT2D eigenvalue weighted by Gasteiger charge is 2.59. The summed E-state index contributed by atoms with van der Waals surface area (Å²) < 4.78 is 80.2. The number of alkyl halides is 6. The molecule has 0 saturated heterocycles. The summed E-state index contributed by atoms with van der Waals surface area (Å²) in [5, 5.41) is 10.5. The van der Waals surface area contributed by atoms with Crippen LogP contribution in [0.15, 0.2) is 66.7 Å². The van der Waals surface area contributed by atoms with Gasteiger partial charge in [-0.25, -0.2) is 4.98 Å². The highest BCUT2D eigenvalue weighted by atomic mass is 19.4. The van der Waals surface area contributed by atoms with Gasteiger partial charge in [-0.15, -0.1) is 0 Å². The number of fused-ring (bicyclic) bond motifs is 1. The second-order valence-corrected chi connectivity index (χ2v) is 8.78. The predicted octanol–water partition coefficient (Wildman–Crippen LogP) is 6.73. The topological polar surface area (TPSA) is 58.1 Å². The van der Waals surface area contributed by atoms with Crippen LogP contribution < -0.4 is 4.74 Å². The summed E-state index contributed by atoms with van der Waals surface area (Å²) in [6.45, 7) is 3.41. The zero-order chi connectivity index (χ0) is 27.0. The molecule has 4 aromatic rings. The van der Waals surface area contributed by atoms with Crippen LogP contribution in [0.3, 0.4) is 0 Å². The van der Waals surface area contributed by atoms with E-state index in [9.17, 15) is 31.4 Å². The zero-order valence-corrected chi connectivity index (χ0v) is 19.5. The van der Waals surface area contributed by atoms with Crippen molar-refractivity contribution in [3.63, 3.8) is 0 Å². The molecule has 3 aromatic carbocycles. The number of aromatic amines is 1. The highest BCUT2D eigenvalue weighted by Crippen LogP contribution is 2.36. The quantitative estimate of drug-likeness (QED) is 0.233. The van der Waals surface area contributed by atoms with E-state index in [2.05, 4.69) is 26.5 Å². The van der Waals surface area contributed by atoms with Gasteiger partial charge in [0.15, 0.2) is 5.82 Å². The van der Waals surface area contributed by atoms with Gasteiger partial charge < -0.3 is 14.8 Å². The monoisotopic (exact) mass is 518 g/mol. The van der Waals surface area contributed by atoms with Crippen LogP contribution in [0, 0.1) is 11.8 Å². The summed E-state index contributed by atoms with van der Waals surface area (Å²) in [6, 6.07) is 17.5. The van der Waals surface area contributed by atoms with Crippen molar-refractivity contribution in [3.8, 4) is 28.7 Å². The highest BCUT2D eigenvalue weighted by molar-refractivity contribution is 5.83. The van der Waals surface area contributed by atoms with Crippen LogP contribution in [-0.2, 0) is 5.60 Å². The fourth-order valence-corrected chi connectivity index (χ4v) is 3.71. The van der Waals surface area contributed by atoms with E-state index < -0.39 is 29.8 Å². The fraction of sp³-hybridized carbons (Fsp3) is 0.222. The smallest absolute Gasteiger partial charge is 0.434 e. The molecule has 0 fully saturated rings. The van der Waals surface area contributed by atoms with Crippen LogP contribution >= 0.6 is 0 Å². The summed E-state index contributed by atoms with van der Waals surface area (Å²) in [6.07, 6.45) is -15.1. The maximum absolute atomic E-state index is 12.7. The molecule has 0 atom stereocenters. The molecule has 0 aliphatic heterocycles. The largest absolute Gasteiger partial charge is 0.471 e. The lowest BCUT2D eigenvalue weighted by Crippen LogP contribution is -2.46. The zero-order valence-electron chi connectivity index (χ0n) is 19.5. The van der Waals surface area contributed by atoms with E-state index in [-0.39, 0.29) is 0 Å². The Morgan fingerprint density at radius 1 is 0.865 bits per heavy atom. The Morgan fingerprint density at radius 2 is 1.51 bits per heavy atom. The van der Waals surface area contributed by atoms with Crippen molar-refractivity contribution in [2.75, 3.05) is 0 Å². The van der Waals surface area contributed by atoms with Crippen LogP contribution in [-0.4, -0.2) is 33.5 Å². The van der Waals surface area contributed by atoms with E-state index in [1.165, 1.54) is 12.1 Å². The SMILES string of the molecule is CC(C)(O)c1ccccc1-c1ccc2nc(C#Cc3ccc(OC(C(F)(F)F)C(F)(F)F)cc3)[nH]c2c1. The van der Waals surface area contributed by atoms with Crippen molar-refractivity contribution < 1.29 is 36.2 Å². The van der Waals surface area contributed by atoms with Crippen LogP contribution in [0.4, 0.5) is 26.3 Å². The lowest BCUT2D eigenvalue weighted by Gasteiger charge is -2.23. The Bertz CT molecular complexity index is 1460. The van der Waals surface area contributed by atoms with Gasteiger partial charge in [0.2, 0.25) is 0 Å². The van der Waals surface area contributed by atoms with Crippen molar-refractivity contribution >= 4 is 11.0 Å². The van der Waals surface area contributed by atoms with Gasteiger partial charge in [0.05, 0.1) is 16.6 Å². The number of aliphatic hydroxyl groups is 1. The minimum absolute atomic E-state index is 0.317. The third-order valence-electron chi connectivity index (χ3n) is 5.41. The third kappa shape index (κ3) is 6.06. The number of nitrogens with zero attached hydrogens (tertiary/aromatic N) is 1. The van der Waals surface area contributed by atoms with Gasteiger partial charge in [-0.3, -0.25) is 0 Å². The Balaban J connectivity index is 1.55. The molecule has 0 unspecified atom stereocenters. The van der Waals surface area contributed by atoms with E-state index in [0.717, 1.165) is 28.8 Å².